The van der Waals surface area contributed by atoms with Gasteiger partial charge in [-0.05, 0) is 26.7 Å². The van der Waals surface area contributed by atoms with Crippen molar-refractivity contribution in [3.8, 4) is 0 Å². The molecule has 1 aliphatic rings. The van der Waals surface area contributed by atoms with Gasteiger partial charge >= 0.3 is 0 Å². The summed E-state index contributed by atoms with van der Waals surface area (Å²) >= 11 is 0. The normalized spacial score (nSPS) is 23.1. The van der Waals surface area contributed by atoms with Crippen molar-refractivity contribution in [2.24, 2.45) is 18.7 Å². The highest BCUT2D eigenvalue weighted by Gasteiger charge is 2.34. The summed E-state index contributed by atoms with van der Waals surface area (Å²) in [5.41, 5.74) is 6.63. The first-order valence-corrected chi connectivity index (χ1v) is 8.09. The number of hydrogen-bond acceptors (Lipinski definition) is 4. The van der Waals surface area contributed by atoms with Crippen molar-refractivity contribution in [1.82, 2.24) is 14.5 Å². The maximum absolute atomic E-state index is 12.5. The number of rotatable bonds is 4. The molecule has 7 nitrogen and oxygen atoms in total. The lowest BCUT2D eigenvalue weighted by Gasteiger charge is -2.19. The lowest BCUT2D eigenvalue weighted by Crippen LogP contribution is -2.42. The molecule has 1 aromatic heterocycles. The van der Waals surface area contributed by atoms with Gasteiger partial charge in [0.05, 0.1) is 17.2 Å². The Bertz CT molecular complexity index is 635. The standard InChI is InChI=1S/C12H21N5O2S/c1-7-11(8(2)17(3)15-7)20(18,19)16-10-6-4-5-9(10)12(13)14/h9-10,16H,4-6H2,1-3H3,(H3,13,14). The molecule has 0 radical (unpaired) electrons. The molecule has 0 aromatic carbocycles. The topological polar surface area (TPSA) is 114 Å². The molecule has 0 saturated heterocycles. The third-order valence-corrected chi connectivity index (χ3v) is 5.67. The molecule has 0 spiro atoms. The van der Waals surface area contributed by atoms with Gasteiger partial charge in [0, 0.05) is 19.0 Å². The van der Waals surface area contributed by atoms with E-state index < -0.39 is 10.0 Å². The monoisotopic (exact) mass is 299 g/mol. The van der Waals surface area contributed by atoms with E-state index in [9.17, 15) is 8.42 Å². The number of nitrogens with one attached hydrogen (secondary N) is 2. The molecule has 4 N–H and O–H groups in total. The lowest BCUT2D eigenvalue weighted by atomic mass is 10.0. The van der Waals surface area contributed by atoms with Crippen LogP contribution in [0.2, 0.25) is 0 Å². The fraction of sp³-hybridized carbons (Fsp3) is 0.667. The lowest BCUT2D eigenvalue weighted by molar-refractivity contribution is 0.520. The predicted octanol–water partition coefficient (Wildman–Crippen LogP) is 0.420. The highest BCUT2D eigenvalue weighted by molar-refractivity contribution is 7.89. The van der Waals surface area contributed by atoms with Crippen molar-refractivity contribution in [2.45, 2.75) is 44.0 Å². The summed E-state index contributed by atoms with van der Waals surface area (Å²) < 4.78 is 29.3. The van der Waals surface area contributed by atoms with Crippen LogP contribution in [0.3, 0.4) is 0 Å². The van der Waals surface area contributed by atoms with Crippen LogP contribution in [0.5, 0.6) is 0 Å². The molecule has 8 heteroatoms. The minimum Gasteiger partial charge on any atom is -0.387 e. The third-order valence-electron chi connectivity index (χ3n) is 3.93. The van der Waals surface area contributed by atoms with E-state index >= 15 is 0 Å². The van der Waals surface area contributed by atoms with Crippen LogP contribution in [0.4, 0.5) is 0 Å². The Balaban J connectivity index is 2.30. The summed E-state index contributed by atoms with van der Waals surface area (Å²) in [5.74, 6) is -0.156. The van der Waals surface area contributed by atoms with Crippen molar-refractivity contribution in [2.75, 3.05) is 0 Å². The van der Waals surface area contributed by atoms with Crippen molar-refractivity contribution in [3.05, 3.63) is 11.4 Å². The molecule has 1 aliphatic carbocycles. The van der Waals surface area contributed by atoms with Crippen molar-refractivity contribution >= 4 is 15.9 Å². The van der Waals surface area contributed by atoms with Gasteiger partial charge in [0.2, 0.25) is 10.0 Å². The smallest absolute Gasteiger partial charge is 0.244 e. The van der Waals surface area contributed by atoms with Gasteiger partial charge < -0.3 is 5.73 Å². The predicted molar refractivity (Wildman–Crippen MR) is 76.0 cm³/mol. The number of amidine groups is 1. The highest BCUT2D eigenvalue weighted by atomic mass is 32.2. The number of nitrogens with zero attached hydrogens (tertiary/aromatic N) is 2. The average Bonchev–Trinajstić information content (AvgIpc) is 2.84. The highest BCUT2D eigenvalue weighted by Crippen LogP contribution is 2.28. The Morgan fingerprint density at radius 1 is 1.45 bits per heavy atom. The summed E-state index contributed by atoms with van der Waals surface area (Å²) in [4.78, 5) is 0.231. The Morgan fingerprint density at radius 2 is 2.10 bits per heavy atom. The second kappa shape index (κ2) is 5.17. The first-order valence-electron chi connectivity index (χ1n) is 6.60. The molecule has 2 unspecified atom stereocenters. The van der Waals surface area contributed by atoms with Crippen LogP contribution in [0.15, 0.2) is 4.90 Å². The van der Waals surface area contributed by atoms with E-state index in [-0.39, 0.29) is 22.7 Å². The maximum atomic E-state index is 12.5. The van der Waals surface area contributed by atoms with Gasteiger partial charge in [-0.15, -0.1) is 0 Å². The largest absolute Gasteiger partial charge is 0.387 e. The Labute approximate surface area is 119 Å². The summed E-state index contributed by atoms with van der Waals surface area (Å²) in [7, 11) is -1.92. The van der Waals surface area contributed by atoms with Gasteiger partial charge in [0.1, 0.15) is 4.90 Å². The van der Waals surface area contributed by atoms with Gasteiger partial charge in [0.25, 0.3) is 0 Å². The zero-order valence-electron chi connectivity index (χ0n) is 12.0. The number of nitrogens with two attached hydrogens (primary N) is 1. The molecule has 1 aromatic rings. The van der Waals surface area contributed by atoms with Gasteiger partial charge in [0.15, 0.2) is 0 Å². The molecule has 112 valence electrons. The van der Waals surface area contributed by atoms with Crippen LogP contribution in [0, 0.1) is 25.2 Å². The molecule has 1 saturated carbocycles. The molecular formula is C12H21N5O2S. The fourth-order valence-electron chi connectivity index (χ4n) is 2.87. The van der Waals surface area contributed by atoms with E-state index in [1.807, 2.05) is 0 Å². The summed E-state index contributed by atoms with van der Waals surface area (Å²) in [6.07, 6.45) is 2.35. The average molecular weight is 299 g/mol. The van der Waals surface area contributed by atoms with Gasteiger partial charge in [-0.1, -0.05) is 6.42 Å². The van der Waals surface area contributed by atoms with Gasteiger partial charge in [-0.25, -0.2) is 13.1 Å². The number of aromatic nitrogens is 2. The number of sulfonamides is 1. The van der Waals surface area contributed by atoms with Crippen molar-refractivity contribution in [3.63, 3.8) is 0 Å². The molecule has 2 atom stereocenters. The van der Waals surface area contributed by atoms with Gasteiger partial charge in [-0.3, -0.25) is 10.1 Å². The van der Waals surface area contributed by atoms with Gasteiger partial charge in [-0.2, -0.15) is 5.10 Å². The number of aryl methyl sites for hydroxylation is 2. The van der Waals surface area contributed by atoms with Crippen molar-refractivity contribution < 1.29 is 8.42 Å². The first-order chi connectivity index (χ1) is 9.24. The van der Waals surface area contributed by atoms with Crippen LogP contribution < -0.4 is 10.5 Å². The molecule has 2 rings (SSSR count). The van der Waals surface area contributed by atoms with Crippen LogP contribution in [0.25, 0.3) is 0 Å². The zero-order chi connectivity index (χ0) is 15.1. The van der Waals surface area contributed by atoms with Crippen LogP contribution >= 0.6 is 0 Å². The second-order valence-corrected chi connectivity index (χ2v) is 6.99. The van der Waals surface area contributed by atoms with E-state index in [4.69, 9.17) is 11.1 Å². The molecule has 0 amide bonds. The zero-order valence-corrected chi connectivity index (χ0v) is 12.8. The van der Waals surface area contributed by atoms with E-state index in [2.05, 4.69) is 9.82 Å². The Hall–Kier alpha value is -1.41. The summed E-state index contributed by atoms with van der Waals surface area (Å²) in [6.45, 7) is 3.41. The fourth-order valence-corrected chi connectivity index (χ4v) is 4.62. The van der Waals surface area contributed by atoms with Crippen LogP contribution in [-0.4, -0.2) is 30.1 Å². The minimum absolute atomic E-state index is 0.0508. The van der Waals surface area contributed by atoms with Crippen molar-refractivity contribution in [1.29, 1.82) is 5.41 Å². The van der Waals surface area contributed by atoms with E-state index in [1.54, 1.807) is 25.6 Å². The number of hydrogen-bond donors (Lipinski definition) is 3. The molecule has 20 heavy (non-hydrogen) atoms. The molecule has 1 fully saturated rings. The van der Waals surface area contributed by atoms with E-state index in [1.165, 1.54) is 0 Å². The Kier molecular flexibility index (Phi) is 3.88. The second-order valence-electron chi connectivity index (χ2n) is 5.34. The first kappa shape index (κ1) is 15.0. The third kappa shape index (κ3) is 2.57. The molecule has 1 heterocycles. The molecule has 0 aliphatic heterocycles. The summed E-state index contributed by atoms with van der Waals surface area (Å²) in [6, 6.07) is -0.295. The van der Waals surface area contributed by atoms with E-state index in [0.29, 0.717) is 17.8 Å². The molecule has 0 bridgehead atoms. The SMILES string of the molecule is Cc1nn(C)c(C)c1S(=O)(=O)NC1CCCC1C(=N)N. The molecular weight excluding hydrogens is 278 g/mol. The van der Waals surface area contributed by atoms with Crippen LogP contribution in [-0.2, 0) is 17.1 Å². The Morgan fingerprint density at radius 3 is 2.60 bits per heavy atom. The minimum atomic E-state index is -3.64. The maximum Gasteiger partial charge on any atom is 0.244 e. The summed E-state index contributed by atoms with van der Waals surface area (Å²) in [5, 5.41) is 11.7. The quantitative estimate of drug-likeness (QED) is 0.552. The van der Waals surface area contributed by atoms with E-state index in [0.717, 1.165) is 12.8 Å². The van der Waals surface area contributed by atoms with Crippen LogP contribution in [0.1, 0.15) is 30.7 Å².